The molecule has 6 rings (SSSR count). The van der Waals surface area contributed by atoms with Crippen molar-refractivity contribution in [2.75, 3.05) is 52.4 Å². The predicted molar refractivity (Wildman–Crippen MR) is 152 cm³/mol. The van der Waals surface area contributed by atoms with E-state index < -0.39 is 5.82 Å². The lowest BCUT2D eigenvalue weighted by molar-refractivity contribution is -0.138. The monoisotopic (exact) mass is 568 g/mol. The number of likely N-dealkylation sites (tertiary alicyclic amines) is 1. The van der Waals surface area contributed by atoms with Gasteiger partial charge in [-0.3, -0.25) is 19.3 Å². The molecule has 2 N–H and O–H groups in total. The number of hydrogen-bond donors (Lipinski definition) is 2. The molecule has 212 valence electrons. The molecule has 0 aliphatic carbocycles. The molecule has 40 heavy (non-hydrogen) atoms. The first-order valence-electron chi connectivity index (χ1n) is 13.8. The largest absolute Gasteiger partial charge is 0.339 e. The lowest BCUT2D eigenvalue weighted by Gasteiger charge is -2.43. The van der Waals surface area contributed by atoms with E-state index in [4.69, 9.17) is 0 Å². The summed E-state index contributed by atoms with van der Waals surface area (Å²) >= 11 is 0. The van der Waals surface area contributed by atoms with Crippen LogP contribution in [0.2, 0.25) is 0 Å². The number of piperazine rings is 1. The first-order chi connectivity index (χ1) is 19.0. The third kappa shape index (κ3) is 5.61. The van der Waals surface area contributed by atoms with Gasteiger partial charge in [0, 0.05) is 63.0 Å². The SMILES string of the molecule is Cl.O=C(c1cc(Cc2n[nH]c(=O)c3ccccc23)ccc1F)N1CCN(C(=O)C2CCN(C3CNC3)CC2)CC1. The molecule has 11 heteroatoms. The van der Waals surface area contributed by atoms with Crippen LogP contribution in [0.1, 0.15) is 34.5 Å². The number of H-pyrrole nitrogens is 1. The Morgan fingerprint density at radius 1 is 0.925 bits per heavy atom. The molecule has 2 aromatic carbocycles. The van der Waals surface area contributed by atoms with E-state index in [0.29, 0.717) is 49.7 Å². The number of piperidine rings is 1. The van der Waals surface area contributed by atoms with Gasteiger partial charge in [0.15, 0.2) is 0 Å². The normalized spacial score (nSPS) is 18.8. The predicted octanol–water partition coefficient (Wildman–Crippen LogP) is 2.04. The number of halogens is 2. The fourth-order valence-corrected chi connectivity index (χ4v) is 5.95. The number of rotatable bonds is 5. The van der Waals surface area contributed by atoms with Crippen molar-refractivity contribution in [3.8, 4) is 0 Å². The van der Waals surface area contributed by atoms with E-state index in [1.165, 1.54) is 6.07 Å². The van der Waals surface area contributed by atoms with E-state index >= 15 is 0 Å². The molecule has 1 aromatic heterocycles. The topological polar surface area (TPSA) is 102 Å². The van der Waals surface area contributed by atoms with Crippen LogP contribution in [0.3, 0.4) is 0 Å². The first kappa shape index (κ1) is 28.2. The molecule has 0 atom stereocenters. The summed E-state index contributed by atoms with van der Waals surface area (Å²) in [6, 6.07) is 12.3. The maximum absolute atomic E-state index is 14.8. The summed E-state index contributed by atoms with van der Waals surface area (Å²) in [5.41, 5.74) is 1.12. The highest BCUT2D eigenvalue weighted by Crippen LogP contribution is 2.24. The van der Waals surface area contributed by atoms with Crippen molar-refractivity contribution >= 4 is 35.0 Å². The number of amides is 2. The summed E-state index contributed by atoms with van der Waals surface area (Å²) in [5, 5.41) is 11.3. The minimum atomic E-state index is -0.574. The van der Waals surface area contributed by atoms with Crippen molar-refractivity contribution < 1.29 is 14.0 Å². The molecule has 0 saturated carbocycles. The summed E-state index contributed by atoms with van der Waals surface area (Å²) < 4.78 is 14.8. The molecule has 3 aliphatic heterocycles. The molecule has 0 bridgehead atoms. The summed E-state index contributed by atoms with van der Waals surface area (Å²) in [7, 11) is 0. The lowest BCUT2D eigenvalue weighted by atomic mass is 9.93. The Kier molecular flexibility index (Phi) is 8.48. The van der Waals surface area contributed by atoms with Crippen LogP contribution in [0.15, 0.2) is 47.3 Å². The van der Waals surface area contributed by atoms with Gasteiger partial charge in [0.1, 0.15) is 5.82 Å². The summed E-state index contributed by atoms with van der Waals surface area (Å²) in [6.07, 6.45) is 2.11. The van der Waals surface area contributed by atoms with Crippen molar-refractivity contribution in [3.05, 3.63) is 75.5 Å². The molecular formula is C29H34ClFN6O3. The Bertz CT molecular complexity index is 1450. The van der Waals surface area contributed by atoms with Crippen LogP contribution in [0.4, 0.5) is 4.39 Å². The molecule has 3 fully saturated rings. The fourth-order valence-electron chi connectivity index (χ4n) is 5.95. The van der Waals surface area contributed by atoms with Gasteiger partial charge in [0.05, 0.1) is 16.6 Å². The van der Waals surface area contributed by atoms with E-state index in [-0.39, 0.29) is 41.3 Å². The van der Waals surface area contributed by atoms with Gasteiger partial charge in [0.25, 0.3) is 11.5 Å². The fraction of sp³-hybridized carbons (Fsp3) is 0.448. The molecule has 3 aromatic rings. The number of hydrogen-bond acceptors (Lipinski definition) is 6. The van der Waals surface area contributed by atoms with Crippen molar-refractivity contribution in [1.82, 2.24) is 30.2 Å². The van der Waals surface area contributed by atoms with Gasteiger partial charge in [-0.05, 0) is 49.7 Å². The number of fused-ring (bicyclic) bond motifs is 1. The summed E-state index contributed by atoms with van der Waals surface area (Å²) in [6.45, 7) is 5.69. The highest BCUT2D eigenvalue weighted by Gasteiger charge is 2.34. The average molecular weight is 569 g/mol. The van der Waals surface area contributed by atoms with Crippen LogP contribution in [-0.4, -0.2) is 95.1 Å². The van der Waals surface area contributed by atoms with Gasteiger partial charge >= 0.3 is 0 Å². The van der Waals surface area contributed by atoms with E-state index in [1.54, 1.807) is 29.2 Å². The van der Waals surface area contributed by atoms with Crippen LogP contribution >= 0.6 is 12.4 Å². The Morgan fingerprint density at radius 3 is 2.27 bits per heavy atom. The zero-order chi connectivity index (χ0) is 26.9. The lowest BCUT2D eigenvalue weighted by Crippen LogP contribution is -2.59. The Balaban J connectivity index is 0.00000323. The highest BCUT2D eigenvalue weighted by molar-refractivity contribution is 5.95. The van der Waals surface area contributed by atoms with Gasteiger partial charge in [-0.2, -0.15) is 5.10 Å². The molecular weight excluding hydrogens is 535 g/mol. The minimum absolute atomic E-state index is 0. The van der Waals surface area contributed by atoms with Gasteiger partial charge < -0.3 is 15.1 Å². The summed E-state index contributed by atoms with van der Waals surface area (Å²) in [5.74, 6) is -0.719. The van der Waals surface area contributed by atoms with Crippen molar-refractivity contribution in [2.24, 2.45) is 5.92 Å². The number of aromatic amines is 1. The Morgan fingerprint density at radius 2 is 1.60 bits per heavy atom. The van der Waals surface area contributed by atoms with Crippen LogP contribution in [-0.2, 0) is 11.2 Å². The molecule has 4 heterocycles. The number of nitrogens with zero attached hydrogens (tertiary/aromatic N) is 4. The van der Waals surface area contributed by atoms with E-state index in [1.807, 2.05) is 17.0 Å². The smallest absolute Gasteiger partial charge is 0.272 e. The van der Waals surface area contributed by atoms with Crippen LogP contribution < -0.4 is 10.9 Å². The van der Waals surface area contributed by atoms with Gasteiger partial charge in [-0.25, -0.2) is 9.49 Å². The molecule has 2 amide bonds. The molecule has 0 radical (unpaired) electrons. The molecule has 3 saturated heterocycles. The molecule has 3 aliphatic rings. The third-order valence-corrected chi connectivity index (χ3v) is 8.44. The van der Waals surface area contributed by atoms with Gasteiger partial charge in [-0.1, -0.05) is 24.3 Å². The van der Waals surface area contributed by atoms with Crippen molar-refractivity contribution in [2.45, 2.75) is 25.3 Å². The second kappa shape index (κ2) is 12.0. The number of benzene rings is 2. The molecule has 0 unspecified atom stereocenters. The minimum Gasteiger partial charge on any atom is -0.339 e. The Labute approximate surface area is 238 Å². The number of nitrogens with one attached hydrogen (secondary N) is 2. The second-order valence-electron chi connectivity index (χ2n) is 10.8. The van der Waals surface area contributed by atoms with E-state index in [2.05, 4.69) is 20.4 Å². The quantitative estimate of drug-likeness (QED) is 0.488. The van der Waals surface area contributed by atoms with Crippen molar-refractivity contribution in [3.63, 3.8) is 0 Å². The van der Waals surface area contributed by atoms with Gasteiger partial charge in [0.2, 0.25) is 5.91 Å². The number of carbonyl (C=O) groups excluding carboxylic acids is 2. The maximum atomic E-state index is 14.8. The molecule has 0 spiro atoms. The first-order valence-corrected chi connectivity index (χ1v) is 13.8. The van der Waals surface area contributed by atoms with Gasteiger partial charge in [-0.15, -0.1) is 12.4 Å². The zero-order valence-corrected chi connectivity index (χ0v) is 23.1. The number of aromatic nitrogens is 2. The highest BCUT2D eigenvalue weighted by atomic mass is 35.5. The van der Waals surface area contributed by atoms with E-state index in [0.717, 1.165) is 50.0 Å². The van der Waals surface area contributed by atoms with Crippen LogP contribution in [0.5, 0.6) is 0 Å². The van der Waals surface area contributed by atoms with Crippen LogP contribution in [0.25, 0.3) is 10.8 Å². The van der Waals surface area contributed by atoms with E-state index in [9.17, 15) is 18.8 Å². The van der Waals surface area contributed by atoms with Crippen molar-refractivity contribution in [1.29, 1.82) is 0 Å². The Hall–Kier alpha value is -3.34. The summed E-state index contributed by atoms with van der Waals surface area (Å²) in [4.78, 5) is 44.5. The maximum Gasteiger partial charge on any atom is 0.272 e. The standard InChI is InChI=1S/C29H33FN6O3.ClH/c30-25-6-5-19(16-26-22-3-1-2-4-23(22)27(37)33-32-26)15-24(25)29(39)36-13-11-35(12-14-36)28(38)20-7-9-34(10-8-20)21-17-31-18-21;/h1-6,15,20-21,31H,7-14,16-18H2,(H,33,37);1H. The second-order valence-corrected chi connectivity index (χ2v) is 10.8. The molecule has 9 nitrogen and oxygen atoms in total. The third-order valence-electron chi connectivity index (χ3n) is 8.44. The average Bonchev–Trinajstić information content (AvgIpc) is 2.94. The number of carbonyl (C=O) groups is 2. The zero-order valence-electron chi connectivity index (χ0n) is 22.3. The van der Waals surface area contributed by atoms with Crippen LogP contribution in [0, 0.1) is 11.7 Å².